The van der Waals surface area contributed by atoms with Crippen LogP contribution in [0.2, 0.25) is 0 Å². The fraction of sp³-hybridized carbons (Fsp3) is 0.600. The summed E-state index contributed by atoms with van der Waals surface area (Å²) in [6, 6.07) is 6.80. The molecular formula is C15H24BrNO. The molecule has 0 fully saturated rings. The Hall–Kier alpha value is -0.540. The van der Waals surface area contributed by atoms with Crippen molar-refractivity contribution in [2.24, 2.45) is 0 Å². The highest BCUT2D eigenvalue weighted by molar-refractivity contribution is 9.10. The summed E-state index contributed by atoms with van der Waals surface area (Å²) in [5.74, 6) is 0.940. The van der Waals surface area contributed by atoms with Gasteiger partial charge >= 0.3 is 0 Å². The molecular weight excluding hydrogens is 290 g/mol. The lowest BCUT2D eigenvalue weighted by Gasteiger charge is -2.11. The van der Waals surface area contributed by atoms with E-state index in [1.807, 2.05) is 6.07 Å². The maximum absolute atomic E-state index is 5.75. The van der Waals surface area contributed by atoms with Crippen molar-refractivity contribution in [2.75, 3.05) is 13.2 Å². The van der Waals surface area contributed by atoms with Crippen molar-refractivity contribution in [3.63, 3.8) is 0 Å². The average molecular weight is 314 g/mol. The number of unbranched alkanes of at least 4 members (excludes halogenated alkanes) is 1. The molecule has 0 heterocycles. The summed E-state index contributed by atoms with van der Waals surface area (Å²) in [7, 11) is 0. The van der Waals surface area contributed by atoms with Crippen molar-refractivity contribution in [1.29, 1.82) is 0 Å². The van der Waals surface area contributed by atoms with Crippen LogP contribution >= 0.6 is 15.9 Å². The zero-order valence-electron chi connectivity index (χ0n) is 11.6. The molecule has 0 radical (unpaired) electrons. The molecule has 0 aliphatic carbocycles. The van der Waals surface area contributed by atoms with E-state index in [4.69, 9.17) is 4.74 Å². The number of hydrogen-bond acceptors (Lipinski definition) is 2. The van der Waals surface area contributed by atoms with Gasteiger partial charge in [0.2, 0.25) is 0 Å². The molecule has 0 bridgehead atoms. The summed E-state index contributed by atoms with van der Waals surface area (Å²) >= 11 is 3.52. The molecule has 0 amide bonds. The van der Waals surface area contributed by atoms with E-state index >= 15 is 0 Å². The van der Waals surface area contributed by atoms with Crippen LogP contribution in [0.4, 0.5) is 0 Å². The van der Waals surface area contributed by atoms with E-state index < -0.39 is 0 Å². The lowest BCUT2D eigenvalue weighted by molar-refractivity contribution is 0.302. The average Bonchev–Trinajstić information content (AvgIpc) is 2.35. The lowest BCUT2D eigenvalue weighted by Crippen LogP contribution is -2.26. The summed E-state index contributed by atoms with van der Waals surface area (Å²) in [5, 5.41) is 3.48. The van der Waals surface area contributed by atoms with Crippen LogP contribution in [0.5, 0.6) is 5.75 Å². The predicted octanol–water partition coefficient (Wildman–Crippen LogP) is 4.30. The SMILES string of the molecule is CCC(C)NCCCCOc1ccc(C)cc1Br. The summed E-state index contributed by atoms with van der Waals surface area (Å²) < 4.78 is 6.79. The molecule has 0 saturated carbocycles. The molecule has 18 heavy (non-hydrogen) atoms. The van der Waals surface area contributed by atoms with E-state index in [9.17, 15) is 0 Å². The zero-order valence-corrected chi connectivity index (χ0v) is 13.2. The molecule has 1 N–H and O–H groups in total. The Morgan fingerprint density at radius 2 is 2.11 bits per heavy atom. The van der Waals surface area contributed by atoms with Gasteiger partial charge in [0.25, 0.3) is 0 Å². The molecule has 0 aliphatic heterocycles. The normalized spacial score (nSPS) is 12.4. The first-order chi connectivity index (χ1) is 8.63. The quantitative estimate of drug-likeness (QED) is 0.722. The Kier molecular flexibility index (Phi) is 7.36. The summed E-state index contributed by atoms with van der Waals surface area (Å²) in [6.45, 7) is 8.36. The van der Waals surface area contributed by atoms with Gasteiger partial charge in [-0.25, -0.2) is 0 Å². The number of benzene rings is 1. The maximum atomic E-state index is 5.75. The van der Waals surface area contributed by atoms with Crippen LogP contribution in [-0.4, -0.2) is 19.2 Å². The highest BCUT2D eigenvalue weighted by Crippen LogP contribution is 2.25. The number of aryl methyl sites for hydroxylation is 1. The summed E-state index contributed by atoms with van der Waals surface area (Å²) in [6.07, 6.45) is 3.43. The van der Waals surface area contributed by atoms with Crippen molar-refractivity contribution < 1.29 is 4.74 Å². The summed E-state index contributed by atoms with van der Waals surface area (Å²) in [4.78, 5) is 0. The van der Waals surface area contributed by atoms with Gasteiger partial charge in [-0.3, -0.25) is 0 Å². The lowest BCUT2D eigenvalue weighted by atomic mass is 10.2. The van der Waals surface area contributed by atoms with Gasteiger partial charge in [-0.2, -0.15) is 0 Å². The number of hydrogen-bond donors (Lipinski definition) is 1. The molecule has 1 atom stereocenters. The third-order valence-corrected chi connectivity index (χ3v) is 3.64. The summed E-state index contributed by atoms with van der Waals surface area (Å²) in [5.41, 5.74) is 1.24. The van der Waals surface area contributed by atoms with Crippen molar-refractivity contribution in [2.45, 2.75) is 46.1 Å². The predicted molar refractivity (Wildman–Crippen MR) is 81.4 cm³/mol. The van der Waals surface area contributed by atoms with Gasteiger partial charge in [-0.1, -0.05) is 13.0 Å². The molecule has 1 aromatic rings. The van der Waals surface area contributed by atoms with Crippen LogP contribution in [-0.2, 0) is 0 Å². The molecule has 3 heteroatoms. The fourth-order valence-electron chi connectivity index (χ4n) is 1.62. The van der Waals surface area contributed by atoms with Gasteiger partial charge in [0.1, 0.15) is 5.75 Å². The number of rotatable bonds is 8. The molecule has 1 rings (SSSR count). The Morgan fingerprint density at radius 3 is 2.78 bits per heavy atom. The minimum absolute atomic E-state index is 0.622. The first kappa shape index (κ1) is 15.5. The van der Waals surface area contributed by atoms with E-state index in [2.05, 4.69) is 54.2 Å². The fourth-order valence-corrected chi connectivity index (χ4v) is 2.23. The molecule has 102 valence electrons. The van der Waals surface area contributed by atoms with Crippen molar-refractivity contribution in [3.05, 3.63) is 28.2 Å². The van der Waals surface area contributed by atoms with Crippen LogP contribution in [0.1, 0.15) is 38.7 Å². The number of nitrogens with one attached hydrogen (secondary N) is 1. The second-order valence-electron chi connectivity index (χ2n) is 4.75. The molecule has 1 aromatic carbocycles. The van der Waals surface area contributed by atoms with Crippen molar-refractivity contribution >= 4 is 15.9 Å². The van der Waals surface area contributed by atoms with Gasteiger partial charge in [0.05, 0.1) is 11.1 Å². The monoisotopic (exact) mass is 313 g/mol. The van der Waals surface area contributed by atoms with Crippen molar-refractivity contribution in [1.82, 2.24) is 5.32 Å². The first-order valence-electron chi connectivity index (χ1n) is 6.75. The van der Waals surface area contributed by atoms with Gasteiger partial charge in [-0.15, -0.1) is 0 Å². The Balaban J connectivity index is 2.14. The number of halogens is 1. The highest BCUT2D eigenvalue weighted by Gasteiger charge is 2.01. The Bertz CT molecular complexity index is 354. The molecule has 0 spiro atoms. The molecule has 0 aliphatic rings. The van der Waals surface area contributed by atoms with Crippen LogP contribution < -0.4 is 10.1 Å². The van der Waals surface area contributed by atoms with Gasteiger partial charge < -0.3 is 10.1 Å². The first-order valence-corrected chi connectivity index (χ1v) is 7.55. The van der Waals surface area contributed by atoms with E-state index in [1.54, 1.807) is 0 Å². The minimum Gasteiger partial charge on any atom is -0.492 e. The molecule has 1 unspecified atom stereocenters. The zero-order chi connectivity index (χ0) is 13.4. The van der Waals surface area contributed by atoms with E-state index in [-0.39, 0.29) is 0 Å². The molecule has 2 nitrogen and oxygen atoms in total. The smallest absolute Gasteiger partial charge is 0.133 e. The van der Waals surface area contributed by atoms with E-state index in [0.717, 1.165) is 36.2 Å². The van der Waals surface area contributed by atoms with Crippen LogP contribution in [0.25, 0.3) is 0 Å². The van der Waals surface area contributed by atoms with E-state index in [1.165, 1.54) is 12.0 Å². The van der Waals surface area contributed by atoms with Crippen LogP contribution in [0.15, 0.2) is 22.7 Å². The number of ether oxygens (including phenoxy) is 1. The standard InChI is InChI=1S/C15H24BrNO/c1-4-13(3)17-9-5-6-10-18-15-8-7-12(2)11-14(15)16/h7-8,11,13,17H,4-6,9-10H2,1-3H3. The van der Waals surface area contributed by atoms with Gasteiger partial charge in [0, 0.05) is 6.04 Å². The molecule has 0 saturated heterocycles. The second-order valence-corrected chi connectivity index (χ2v) is 5.61. The van der Waals surface area contributed by atoms with E-state index in [0.29, 0.717) is 6.04 Å². The Morgan fingerprint density at radius 1 is 1.33 bits per heavy atom. The minimum atomic E-state index is 0.622. The second kappa shape index (κ2) is 8.54. The highest BCUT2D eigenvalue weighted by atomic mass is 79.9. The maximum Gasteiger partial charge on any atom is 0.133 e. The third-order valence-electron chi connectivity index (χ3n) is 3.02. The molecule has 0 aromatic heterocycles. The van der Waals surface area contributed by atoms with Gasteiger partial charge in [0.15, 0.2) is 0 Å². The largest absolute Gasteiger partial charge is 0.492 e. The van der Waals surface area contributed by atoms with Crippen LogP contribution in [0, 0.1) is 6.92 Å². The topological polar surface area (TPSA) is 21.3 Å². The van der Waals surface area contributed by atoms with Crippen molar-refractivity contribution in [3.8, 4) is 5.75 Å². The third kappa shape index (κ3) is 5.87. The Labute approximate surface area is 119 Å². The van der Waals surface area contributed by atoms with Gasteiger partial charge in [-0.05, 0) is 73.3 Å². The van der Waals surface area contributed by atoms with Crippen LogP contribution in [0.3, 0.4) is 0 Å².